The molecule has 0 aliphatic carbocycles. The third kappa shape index (κ3) is 5.14. The molecule has 0 unspecified atom stereocenters. The Hall–Kier alpha value is -4.00. The normalized spacial score (nSPS) is 11.5. The van der Waals surface area contributed by atoms with E-state index in [4.69, 9.17) is 4.74 Å². The minimum atomic E-state index is -4.10. The van der Waals surface area contributed by atoms with E-state index in [0.717, 1.165) is 6.07 Å². The second-order valence-corrected chi connectivity index (χ2v) is 8.23. The molecule has 0 atom stereocenters. The highest BCUT2D eigenvalue weighted by molar-refractivity contribution is 7.92. The number of amides is 1. The summed E-state index contributed by atoms with van der Waals surface area (Å²) in [6.07, 6.45) is 0.236. The summed E-state index contributed by atoms with van der Waals surface area (Å²) in [4.78, 5) is 12.0. The third-order valence-electron chi connectivity index (χ3n) is 4.35. The van der Waals surface area contributed by atoms with Crippen LogP contribution in [0, 0.1) is 29.1 Å². The molecule has 0 fully saturated rings. The number of hydrazone groups is 1. The zero-order valence-corrected chi connectivity index (χ0v) is 17.9. The molecule has 0 saturated heterocycles. The van der Waals surface area contributed by atoms with Crippen molar-refractivity contribution in [3.63, 3.8) is 0 Å². The maximum atomic E-state index is 13.6. The molecule has 2 N–H and O–H groups in total. The smallest absolute Gasteiger partial charge is 0.271 e. The van der Waals surface area contributed by atoms with E-state index in [2.05, 4.69) is 9.82 Å². The van der Waals surface area contributed by atoms with Gasteiger partial charge in [0, 0.05) is 11.3 Å². The monoisotopic (exact) mass is 499 g/mol. The number of nitrogens with one attached hydrogen (secondary N) is 2. The van der Waals surface area contributed by atoms with Crippen molar-refractivity contribution >= 4 is 27.8 Å². The number of methoxy groups -OCH3 is 1. The topological polar surface area (TPSA) is 96.9 Å². The van der Waals surface area contributed by atoms with Gasteiger partial charge in [-0.15, -0.1) is 0 Å². The van der Waals surface area contributed by atoms with Gasteiger partial charge in [-0.05, 0) is 42.5 Å². The second kappa shape index (κ2) is 9.87. The van der Waals surface area contributed by atoms with Gasteiger partial charge >= 0.3 is 0 Å². The first-order chi connectivity index (χ1) is 16.0. The van der Waals surface area contributed by atoms with E-state index in [-0.39, 0.29) is 22.4 Å². The predicted molar refractivity (Wildman–Crippen MR) is 112 cm³/mol. The molecule has 0 spiro atoms. The van der Waals surface area contributed by atoms with E-state index >= 15 is 0 Å². The van der Waals surface area contributed by atoms with Gasteiger partial charge in [0.05, 0.1) is 23.8 Å². The molecule has 3 rings (SSSR count). The first-order valence-corrected chi connectivity index (χ1v) is 10.6. The number of carbonyl (C=O) groups is 1. The van der Waals surface area contributed by atoms with Gasteiger partial charge in [0.25, 0.3) is 15.9 Å². The number of hydrogen-bond donors (Lipinski definition) is 2. The zero-order valence-electron chi connectivity index (χ0n) is 17.1. The van der Waals surface area contributed by atoms with Crippen molar-refractivity contribution in [2.24, 2.45) is 5.10 Å². The van der Waals surface area contributed by atoms with Gasteiger partial charge in [0.2, 0.25) is 5.82 Å². The molecule has 178 valence electrons. The number of nitrogens with zero attached hydrogens (tertiary/aromatic N) is 1. The Morgan fingerprint density at radius 1 is 0.912 bits per heavy atom. The molecule has 0 aliphatic heterocycles. The van der Waals surface area contributed by atoms with Crippen LogP contribution in [-0.4, -0.2) is 27.6 Å². The highest BCUT2D eigenvalue weighted by Crippen LogP contribution is 2.22. The molecule has 0 heterocycles. The van der Waals surface area contributed by atoms with Crippen LogP contribution in [0.1, 0.15) is 15.9 Å². The largest absolute Gasteiger partial charge is 0.497 e. The molecule has 7 nitrogen and oxygen atoms in total. The Kier molecular flexibility index (Phi) is 7.15. The summed E-state index contributed by atoms with van der Waals surface area (Å²) >= 11 is 0. The number of rotatable bonds is 7. The van der Waals surface area contributed by atoms with Crippen LogP contribution in [0.25, 0.3) is 0 Å². The summed E-state index contributed by atoms with van der Waals surface area (Å²) < 4.78 is 99.3. The molecule has 3 aromatic rings. The lowest BCUT2D eigenvalue weighted by Gasteiger charge is -2.10. The SMILES string of the molecule is COc1ccc(NS(=O)(=O)c2cccc(C(=O)N/N=C\c3c(F)c(F)c(F)c(F)c3F)c2)cc1. The van der Waals surface area contributed by atoms with Crippen molar-refractivity contribution in [2.75, 3.05) is 11.8 Å². The van der Waals surface area contributed by atoms with E-state index in [1.807, 2.05) is 5.43 Å². The third-order valence-corrected chi connectivity index (χ3v) is 5.73. The van der Waals surface area contributed by atoms with Gasteiger partial charge in [-0.25, -0.2) is 35.8 Å². The standard InChI is InChI=1S/C21H14F5N3O4S/c1-33-13-7-5-12(6-8-13)29-34(31,32)14-4-2-3-11(9-14)21(30)28-27-10-15-16(22)18(24)20(26)19(25)17(15)23/h2-10,29H,1H3,(H,28,30)/b27-10-. The summed E-state index contributed by atoms with van der Waals surface area (Å²) in [5.74, 6) is -11.4. The molecule has 0 saturated carbocycles. The summed E-state index contributed by atoms with van der Waals surface area (Å²) in [7, 11) is -2.66. The van der Waals surface area contributed by atoms with Crippen LogP contribution >= 0.6 is 0 Å². The number of carbonyl (C=O) groups excluding carboxylic acids is 1. The van der Waals surface area contributed by atoms with Crippen LogP contribution in [0.3, 0.4) is 0 Å². The van der Waals surface area contributed by atoms with Crippen LogP contribution < -0.4 is 14.9 Å². The van der Waals surface area contributed by atoms with Crippen molar-refractivity contribution < 1.29 is 39.9 Å². The van der Waals surface area contributed by atoms with E-state index in [9.17, 15) is 35.2 Å². The molecular formula is C21H14F5N3O4S. The molecule has 0 radical (unpaired) electrons. The molecule has 13 heteroatoms. The second-order valence-electron chi connectivity index (χ2n) is 6.54. The van der Waals surface area contributed by atoms with Crippen LogP contribution in [0.5, 0.6) is 5.75 Å². The lowest BCUT2D eigenvalue weighted by molar-refractivity contribution is 0.0955. The average molecular weight is 499 g/mol. The van der Waals surface area contributed by atoms with Crippen molar-refractivity contribution in [2.45, 2.75) is 4.90 Å². The number of halogens is 5. The van der Waals surface area contributed by atoms with Gasteiger partial charge in [-0.1, -0.05) is 6.07 Å². The molecule has 0 aromatic heterocycles. The number of sulfonamides is 1. The Morgan fingerprint density at radius 3 is 2.09 bits per heavy atom. The number of ether oxygens (including phenoxy) is 1. The highest BCUT2D eigenvalue weighted by Gasteiger charge is 2.24. The zero-order chi connectivity index (χ0) is 25.0. The Balaban J connectivity index is 1.77. The minimum absolute atomic E-state index is 0.216. The first kappa shape index (κ1) is 24.6. The fraction of sp³-hybridized carbons (Fsp3) is 0.0476. The van der Waals surface area contributed by atoms with E-state index in [1.165, 1.54) is 49.6 Å². The number of anilines is 1. The Bertz CT molecular complexity index is 1350. The molecule has 34 heavy (non-hydrogen) atoms. The van der Waals surface area contributed by atoms with Gasteiger partial charge in [0.1, 0.15) is 5.75 Å². The first-order valence-electron chi connectivity index (χ1n) is 9.17. The molecule has 0 aliphatic rings. The van der Waals surface area contributed by atoms with Crippen LogP contribution in [0.2, 0.25) is 0 Å². The van der Waals surface area contributed by atoms with E-state index < -0.39 is 50.6 Å². The molecule has 0 bridgehead atoms. The highest BCUT2D eigenvalue weighted by atomic mass is 32.2. The van der Waals surface area contributed by atoms with Gasteiger partial charge in [-0.3, -0.25) is 9.52 Å². The molecule has 3 aromatic carbocycles. The average Bonchev–Trinajstić information content (AvgIpc) is 2.84. The van der Waals surface area contributed by atoms with Crippen molar-refractivity contribution in [3.05, 3.63) is 88.7 Å². The Morgan fingerprint density at radius 2 is 1.50 bits per heavy atom. The van der Waals surface area contributed by atoms with Gasteiger partial charge in [0.15, 0.2) is 23.3 Å². The minimum Gasteiger partial charge on any atom is -0.497 e. The van der Waals surface area contributed by atoms with Crippen LogP contribution in [0.4, 0.5) is 27.6 Å². The van der Waals surface area contributed by atoms with Crippen LogP contribution in [0.15, 0.2) is 58.5 Å². The van der Waals surface area contributed by atoms with Crippen LogP contribution in [-0.2, 0) is 10.0 Å². The lowest BCUT2D eigenvalue weighted by Crippen LogP contribution is -2.19. The summed E-state index contributed by atoms with van der Waals surface area (Å²) in [6.45, 7) is 0. The fourth-order valence-corrected chi connectivity index (χ4v) is 3.74. The molecule has 1 amide bonds. The summed E-state index contributed by atoms with van der Waals surface area (Å²) in [6, 6.07) is 10.7. The number of benzene rings is 3. The van der Waals surface area contributed by atoms with Gasteiger partial charge in [-0.2, -0.15) is 5.10 Å². The van der Waals surface area contributed by atoms with E-state index in [0.29, 0.717) is 5.75 Å². The maximum Gasteiger partial charge on any atom is 0.271 e. The van der Waals surface area contributed by atoms with E-state index in [1.54, 1.807) is 0 Å². The maximum absolute atomic E-state index is 13.6. The predicted octanol–water partition coefficient (Wildman–Crippen LogP) is 3.96. The Labute approximate surface area is 189 Å². The summed E-state index contributed by atoms with van der Waals surface area (Å²) in [5.41, 5.74) is 0.471. The lowest BCUT2D eigenvalue weighted by atomic mass is 10.2. The van der Waals surface area contributed by atoms with Crippen molar-refractivity contribution in [1.29, 1.82) is 0 Å². The fourth-order valence-electron chi connectivity index (χ4n) is 2.63. The van der Waals surface area contributed by atoms with Crippen molar-refractivity contribution in [1.82, 2.24) is 5.43 Å². The number of hydrogen-bond acceptors (Lipinski definition) is 5. The summed E-state index contributed by atoms with van der Waals surface area (Å²) in [5, 5.41) is 3.19. The molecular weight excluding hydrogens is 485 g/mol. The van der Waals surface area contributed by atoms with Gasteiger partial charge < -0.3 is 4.74 Å². The quantitative estimate of drug-likeness (QED) is 0.169. The van der Waals surface area contributed by atoms with Crippen molar-refractivity contribution in [3.8, 4) is 5.75 Å².